The van der Waals surface area contributed by atoms with Gasteiger partial charge in [0.1, 0.15) is 23.8 Å². The van der Waals surface area contributed by atoms with Gasteiger partial charge in [-0.3, -0.25) is 0 Å². The lowest BCUT2D eigenvalue weighted by Gasteiger charge is -2.26. The highest BCUT2D eigenvalue weighted by Crippen LogP contribution is 2.40. The van der Waals surface area contributed by atoms with Crippen molar-refractivity contribution in [2.45, 2.75) is 0 Å². The van der Waals surface area contributed by atoms with Crippen LogP contribution in [0.5, 0.6) is 0 Å². The second kappa shape index (κ2) is 7.89. The Morgan fingerprint density at radius 2 is 1.17 bits per heavy atom. The zero-order chi connectivity index (χ0) is 21.0. The van der Waals surface area contributed by atoms with Crippen LogP contribution in [-0.2, 0) is 0 Å². The van der Waals surface area contributed by atoms with Crippen molar-refractivity contribution in [1.82, 2.24) is 0 Å². The molecule has 5 nitrogen and oxygen atoms in total. The van der Waals surface area contributed by atoms with Crippen LogP contribution in [-0.4, -0.2) is 0 Å². The summed E-state index contributed by atoms with van der Waals surface area (Å²) in [5, 5.41) is 18.5. The lowest BCUT2D eigenvalue weighted by Crippen LogP contribution is -2.11. The van der Waals surface area contributed by atoms with Crippen LogP contribution in [0.2, 0.25) is 0 Å². The molecule has 0 aliphatic heterocycles. The third-order valence-electron chi connectivity index (χ3n) is 4.09. The molecule has 3 rings (SSSR count). The highest BCUT2D eigenvalue weighted by molar-refractivity contribution is 5.82. The number of nitriles is 2. The number of rotatable bonds is 3. The fourth-order valence-corrected chi connectivity index (χ4v) is 2.80. The maximum Gasteiger partial charge on any atom is 0.225 e. The summed E-state index contributed by atoms with van der Waals surface area (Å²) in [7, 11) is 0. The average molecular weight is 381 g/mol. The van der Waals surface area contributed by atoms with E-state index in [-0.39, 0.29) is 33.9 Å². The van der Waals surface area contributed by atoms with Gasteiger partial charge < -0.3 is 4.90 Å². The number of nitrogens with zero attached hydrogens (tertiary/aromatic N) is 5. The number of benzene rings is 3. The Balaban J connectivity index is 2.36. The summed E-state index contributed by atoms with van der Waals surface area (Å²) in [5.41, 5.74) is -0.311. The van der Waals surface area contributed by atoms with E-state index in [1.807, 2.05) is 0 Å². The highest BCUT2D eigenvalue weighted by Gasteiger charge is 2.20. The monoisotopic (exact) mass is 381 g/mol. The van der Waals surface area contributed by atoms with Crippen LogP contribution in [0, 0.1) is 47.4 Å². The first-order valence-corrected chi connectivity index (χ1v) is 8.11. The molecule has 0 bridgehead atoms. The molecule has 0 saturated carbocycles. The molecule has 7 heteroatoms. The van der Waals surface area contributed by atoms with Gasteiger partial charge in [0, 0.05) is 17.1 Å². The van der Waals surface area contributed by atoms with E-state index < -0.39 is 11.6 Å². The first-order chi connectivity index (χ1) is 14.0. The topological polar surface area (TPSA) is 59.5 Å². The van der Waals surface area contributed by atoms with Crippen LogP contribution in [0.4, 0.5) is 37.2 Å². The molecular formula is C22H9F2N5. The van der Waals surface area contributed by atoms with Crippen molar-refractivity contribution in [2.24, 2.45) is 0 Å². The Morgan fingerprint density at radius 1 is 0.724 bits per heavy atom. The van der Waals surface area contributed by atoms with E-state index in [2.05, 4.69) is 9.69 Å². The molecule has 0 atom stereocenters. The molecule has 0 aliphatic carbocycles. The molecular weight excluding hydrogens is 372 g/mol. The minimum Gasteiger partial charge on any atom is -0.313 e. The van der Waals surface area contributed by atoms with Crippen LogP contribution in [0.3, 0.4) is 0 Å². The molecule has 0 heterocycles. The predicted octanol–water partition coefficient (Wildman–Crippen LogP) is 6.28. The van der Waals surface area contributed by atoms with Gasteiger partial charge in [-0.2, -0.15) is 10.5 Å². The molecule has 0 spiro atoms. The summed E-state index contributed by atoms with van der Waals surface area (Å²) in [6.45, 7) is 14.4. The maximum atomic E-state index is 14.2. The molecule has 3 aromatic rings. The van der Waals surface area contributed by atoms with Crippen molar-refractivity contribution in [3.8, 4) is 12.1 Å². The molecule has 0 saturated heterocycles. The molecule has 0 fully saturated rings. The number of halogens is 2. The fourth-order valence-electron chi connectivity index (χ4n) is 2.80. The van der Waals surface area contributed by atoms with Gasteiger partial charge in [-0.05, 0) is 36.4 Å². The number of hydrogen-bond donors (Lipinski definition) is 0. The summed E-state index contributed by atoms with van der Waals surface area (Å²) in [6, 6.07) is 17.1. The van der Waals surface area contributed by atoms with E-state index in [0.29, 0.717) is 5.69 Å². The molecule has 0 amide bonds. The Kier molecular flexibility index (Phi) is 5.18. The van der Waals surface area contributed by atoms with Crippen LogP contribution in [0.25, 0.3) is 9.69 Å². The van der Waals surface area contributed by atoms with Gasteiger partial charge in [-0.15, -0.1) is 0 Å². The van der Waals surface area contributed by atoms with E-state index in [1.54, 1.807) is 42.5 Å². The van der Waals surface area contributed by atoms with Crippen molar-refractivity contribution in [1.29, 1.82) is 10.5 Å². The molecule has 0 radical (unpaired) electrons. The summed E-state index contributed by atoms with van der Waals surface area (Å²) >= 11 is 0. The van der Waals surface area contributed by atoms with Gasteiger partial charge in [0.15, 0.2) is 0 Å². The number of hydrogen-bond acceptors (Lipinski definition) is 3. The second-order valence-corrected chi connectivity index (χ2v) is 5.77. The number of para-hydroxylation sites is 1. The normalized spacial score (nSPS) is 9.59. The van der Waals surface area contributed by atoms with Crippen LogP contribution in [0.1, 0.15) is 11.1 Å². The summed E-state index contributed by atoms with van der Waals surface area (Å²) < 4.78 is 28.4. The average Bonchev–Trinajstić information content (AvgIpc) is 2.76. The Bertz CT molecular complexity index is 1120. The van der Waals surface area contributed by atoms with E-state index in [0.717, 1.165) is 0 Å². The van der Waals surface area contributed by atoms with Gasteiger partial charge >= 0.3 is 0 Å². The van der Waals surface area contributed by atoms with Crippen molar-refractivity contribution >= 4 is 28.4 Å². The van der Waals surface area contributed by atoms with Gasteiger partial charge in [-0.1, -0.05) is 18.2 Å². The molecule has 3 aromatic carbocycles. The van der Waals surface area contributed by atoms with Crippen molar-refractivity contribution in [2.75, 3.05) is 4.90 Å². The fraction of sp³-hybridized carbons (Fsp3) is 0. The maximum absolute atomic E-state index is 14.2. The number of anilines is 3. The summed E-state index contributed by atoms with van der Waals surface area (Å²) in [4.78, 5) is 7.77. The zero-order valence-corrected chi connectivity index (χ0v) is 14.7. The Morgan fingerprint density at radius 3 is 1.55 bits per heavy atom. The molecule has 136 valence electrons. The molecule has 0 N–H and O–H groups in total. The second-order valence-electron chi connectivity index (χ2n) is 5.77. The highest BCUT2D eigenvalue weighted by atomic mass is 19.1. The predicted molar refractivity (Wildman–Crippen MR) is 103 cm³/mol. The first-order valence-electron chi connectivity index (χ1n) is 8.11. The van der Waals surface area contributed by atoms with E-state index in [4.69, 9.17) is 13.1 Å². The first kappa shape index (κ1) is 19.1. The van der Waals surface area contributed by atoms with Crippen molar-refractivity contribution < 1.29 is 8.78 Å². The van der Waals surface area contributed by atoms with Crippen molar-refractivity contribution in [3.05, 3.63) is 100 Å². The standard InChI is InChI=1S/C22H9F2N5/c1-27-19-10-17(8-14(12-25)21(19)23)29(16-6-4-3-5-7-16)18-9-15(13-26)22(24)20(11-18)28-2/h3-11H. The molecule has 0 aromatic heterocycles. The smallest absolute Gasteiger partial charge is 0.225 e. The van der Waals surface area contributed by atoms with Crippen molar-refractivity contribution in [3.63, 3.8) is 0 Å². The van der Waals surface area contributed by atoms with Crippen LogP contribution in [0.15, 0.2) is 54.6 Å². The van der Waals surface area contributed by atoms with Crippen LogP contribution >= 0.6 is 0 Å². The Labute approximate surface area is 165 Å². The summed E-state index contributed by atoms with van der Waals surface area (Å²) in [5.74, 6) is -1.86. The lowest BCUT2D eigenvalue weighted by molar-refractivity contribution is 0.630. The van der Waals surface area contributed by atoms with Gasteiger partial charge in [0.05, 0.1) is 24.3 Å². The van der Waals surface area contributed by atoms with Crippen LogP contribution < -0.4 is 4.90 Å². The van der Waals surface area contributed by atoms with Gasteiger partial charge in [0.2, 0.25) is 11.4 Å². The SMILES string of the molecule is [C-]#[N+]c1cc(N(c2ccccc2)c2cc(C#N)c(F)c([N+]#[C-])c2)cc(C#N)c1F. The summed E-state index contributed by atoms with van der Waals surface area (Å²) in [6.07, 6.45) is 0. The third kappa shape index (κ3) is 3.45. The molecule has 0 unspecified atom stereocenters. The van der Waals surface area contributed by atoms with Gasteiger partial charge in [-0.25, -0.2) is 18.5 Å². The molecule has 0 aliphatic rings. The van der Waals surface area contributed by atoms with E-state index in [9.17, 15) is 19.3 Å². The zero-order valence-electron chi connectivity index (χ0n) is 14.7. The Hall–Kier alpha value is -4.72. The van der Waals surface area contributed by atoms with Gasteiger partial charge in [0.25, 0.3) is 0 Å². The third-order valence-corrected chi connectivity index (χ3v) is 4.09. The quantitative estimate of drug-likeness (QED) is 0.502. The molecule has 29 heavy (non-hydrogen) atoms. The minimum absolute atomic E-state index is 0.256. The van der Waals surface area contributed by atoms with E-state index >= 15 is 0 Å². The largest absolute Gasteiger partial charge is 0.313 e. The van der Waals surface area contributed by atoms with E-state index in [1.165, 1.54) is 29.2 Å². The lowest BCUT2D eigenvalue weighted by atomic mass is 10.1. The minimum atomic E-state index is -0.932.